The van der Waals surface area contributed by atoms with Crippen molar-refractivity contribution in [3.8, 4) is 0 Å². The van der Waals surface area contributed by atoms with Gasteiger partial charge in [-0.05, 0) is 66.9 Å². The minimum absolute atomic E-state index is 0.0140. The molecular weight excluding hydrogens is 296 g/mol. The number of aryl methyl sites for hydroxylation is 2. The lowest BCUT2D eigenvalue weighted by Crippen LogP contribution is -2.51. The van der Waals surface area contributed by atoms with Crippen LogP contribution < -0.4 is 0 Å². The second-order valence-electron chi connectivity index (χ2n) is 8.10. The zero-order valence-corrected chi connectivity index (χ0v) is 15.4. The fraction of sp³-hybridized carbons (Fsp3) is 0.591. The van der Waals surface area contributed by atoms with Crippen molar-refractivity contribution in [2.24, 2.45) is 17.3 Å². The molecule has 0 heterocycles. The van der Waals surface area contributed by atoms with Crippen molar-refractivity contribution in [3.63, 3.8) is 0 Å². The first-order chi connectivity index (χ1) is 11.4. The number of rotatable bonds is 2. The highest BCUT2D eigenvalue weighted by molar-refractivity contribution is 6.02. The van der Waals surface area contributed by atoms with Crippen molar-refractivity contribution in [2.75, 3.05) is 0 Å². The molecule has 2 aliphatic rings. The summed E-state index contributed by atoms with van der Waals surface area (Å²) in [6.45, 7) is 8.52. The Morgan fingerprint density at radius 1 is 1.33 bits per heavy atom. The van der Waals surface area contributed by atoms with Crippen LogP contribution in [-0.2, 0) is 11.2 Å². The number of hydrogen-bond donors (Lipinski definition) is 1. The average Bonchev–Trinajstić information content (AvgIpc) is 2.56. The number of benzene rings is 1. The van der Waals surface area contributed by atoms with Gasteiger partial charge in [-0.15, -0.1) is 0 Å². The standard InChI is InChI=1S/C22H30O2/c1-5-16-9-10-17(14(2)11-16)12-18-13-22(4)19(15(3)21(18)24)7-6-8-20(22)23/h9-12,15,19-20,23H,5-8,13H2,1-4H3/t15?,19?,20-,22-/m0/s1. The van der Waals surface area contributed by atoms with Crippen molar-refractivity contribution >= 4 is 11.9 Å². The Hall–Kier alpha value is -1.41. The molecule has 2 heteroatoms. The third kappa shape index (κ3) is 2.86. The predicted molar refractivity (Wildman–Crippen MR) is 98.8 cm³/mol. The van der Waals surface area contributed by atoms with Gasteiger partial charge in [0, 0.05) is 11.3 Å². The highest BCUT2D eigenvalue weighted by atomic mass is 16.3. The first kappa shape index (κ1) is 17.4. The minimum atomic E-state index is -0.293. The maximum absolute atomic E-state index is 12.9. The van der Waals surface area contributed by atoms with Gasteiger partial charge in [-0.3, -0.25) is 4.79 Å². The van der Waals surface area contributed by atoms with Crippen LogP contribution in [0.25, 0.3) is 6.08 Å². The summed E-state index contributed by atoms with van der Waals surface area (Å²) in [6, 6.07) is 6.49. The molecule has 130 valence electrons. The van der Waals surface area contributed by atoms with E-state index < -0.39 is 0 Å². The van der Waals surface area contributed by atoms with Crippen LogP contribution in [0, 0.1) is 24.2 Å². The number of carbonyl (C=O) groups excluding carboxylic acids is 1. The van der Waals surface area contributed by atoms with Gasteiger partial charge in [0.15, 0.2) is 5.78 Å². The van der Waals surface area contributed by atoms with Crippen LogP contribution in [0.2, 0.25) is 0 Å². The summed E-state index contributed by atoms with van der Waals surface area (Å²) in [6.07, 6.45) is 6.49. The Bertz CT molecular complexity index is 673. The fourth-order valence-electron chi connectivity index (χ4n) is 4.91. The maximum atomic E-state index is 12.9. The predicted octanol–water partition coefficient (Wildman–Crippen LogP) is 4.72. The molecule has 24 heavy (non-hydrogen) atoms. The van der Waals surface area contributed by atoms with Gasteiger partial charge < -0.3 is 5.11 Å². The van der Waals surface area contributed by atoms with Crippen LogP contribution in [0.5, 0.6) is 0 Å². The van der Waals surface area contributed by atoms with Crippen molar-refractivity contribution in [1.82, 2.24) is 0 Å². The highest BCUT2D eigenvalue weighted by Crippen LogP contribution is 2.53. The second kappa shape index (κ2) is 6.48. The molecule has 0 radical (unpaired) electrons. The third-order valence-electron chi connectivity index (χ3n) is 6.58. The van der Waals surface area contributed by atoms with Crippen molar-refractivity contribution in [1.29, 1.82) is 0 Å². The number of fused-ring (bicyclic) bond motifs is 1. The number of allylic oxidation sites excluding steroid dienone is 1. The molecule has 0 aliphatic heterocycles. The lowest BCUT2D eigenvalue weighted by Gasteiger charge is -2.51. The van der Waals surface area contributed by atoms with Crippen molar-refractivity contribution in [2.45, 2.75) is 65.9 Å². The summed E-state index contributed by atoms with van der Waals surface area (Å²) >= 11 is 0. The van der Waals surface area contributed by atoms with Crippen LogP contribution in [0.1, 0.15) is 63.1 Å². The molecule has 0 spiro atoms. The molecule has 0 bridgehead atoms. The average molecular weight is 326 g/mol. The van der Waals surface area contributed by atoms with Crippen molar-refractivity contribution < 1.29 is 9.90 Å². The van der Waals surface area contributed by atoms with Gasteiger partial charge in [0.1, 0.15) is 0 Å². The number of hydrogen-bond acceptors (Lipinski definition) is 2. The van der Waals surface area contributed by atoms with Gasteiger partial charge in [-0.1, -0.05) is 45.4 Å². The van der Waals surface area contributed by atoms with Crippen LogP contribution >= 0.6 is 0 Å². The molecule has 1 aromatic rings. The Morgan fingerprint density at radius 2 is 2.08 bits per heavy atom. The van der Waals surface area contributed by atoms with E-state index in [1.54, 1.807) is 0 Å². The van der Waals surface area contributed by atoms with Crippen LogP contribution in [0.15, 0.2) is 23.8 Å². The summed E-state index contributed by atoms with van der Waals surface area (Å²) in [4.78, 5) is 12.9. The van der Waals surface area contributed by atoms with E-state index in [1.165, 1.54) is 11.1 Å². The second-order valence-corrected chi connectivity index (χ2v) is 8.10. The molecule has 2 unspecified atom stereocenters. The van der Waals surface area contributed by atoms with Crippen LogP contribution in [0.3, 0.4) is 0 Å². The first-order valence-electron chi connectivity index (χ1n) is 9.39. The molecule has 2 fully saturated rings. The number of aliphatic hydroxyl groups is 1. The van der Waals surface area contributed by atoms with Crippen LogP contribution in [0.4, 0.5) is 0 Å². The quantitative estimate of drug-likeness (QED) is 0.799. The summed E-state index contributed by atoms with van der Waals surface area (Å²) < 4.78 is 0. The molecule has 2 aliphatic carbocycles. The molecule has 2 nitrogen and oxygen atoms in total. The normalized spacial score (nSPS) is 35.1. The van der Waals surface area contributed by atoms with E-state index in [0.717, 1.165) is 36.8 Å². The first-order valence-corrected chi connectivity index (χ1v) is 9.39. The van der Waals surface area contributed by atoms with Gasteiger partial charge in [-0.25, -0.2) is 0 Å². The molecule has 0 amide bonds. The van der Waals surface area contributed by atoms with Gasteiger partial charge >= 0.3 is 0 Å². The molecule has 4 atom stereocenters. The van der Waals surface area contributed by atoms with E-state index in [-0.39, 0.29) is 23.2 Å². The lowest BCUT2D eigenvalue weighted by atomic mass is 9.54. The molecular formula is C22H30O2. The highest BCUT2D eigenvalue weighted by Gasteiger charge is 2.51. The topological polar surface area (TPSA) is 37.3 Å². The molecule has 2 saturated carbocycles. The van der Waals surface area contributed by atoms with E-state index in [2.05, 4.69) is 52.0 Å². The Kier molecular flexibility index (Phi) is 4.70. The summed E-state index contributed by atoms with van der Waals surface area (Å²) in [5, 5.41) is 10.6. The molecule has 1 N–H and O–H groups in total. The van der Waals surface area contributed by atoms with Gasteiger partial charge in [0.05, 0.1) is 6.10 Å². The largest absolute Gasteiger partial charge is 0.393 e. The lowest BCUT2D eigenvalue weighted by molar-refractivity contribution is -0.133. The summed E-state index contributed by atoms with van der Waals surface area (Å²) in [5.74, 6) is 0.611. The number of ketones is 1. The zero-order chi connectivity index (χ0) is 17.5. The molecule has 0 aromatic heterocycles. The minimum Gasteiger partial charge on any atom is -0.393 e. The summed E-state index contributed by atoms with van der Waals surface area (Å²) in [5.41, 5.74) is 4.42. The SMILES string of the molecule is CCc1ccc(C=C2C[C@@]3(C)C(CCC[C@@H]3O)C(C)C2=O)c(C)c1. The Balaban J connectivity index is 1.97. The van der Waals surface area contributed by atoms with Gasteiger partial charge in [-0.2, -0.15) is 0 Å². The van der Waals surface area contributed by atoms with E-state index in [4.69, 9.17) is 0 Å². The van der Waals surface area contributed by atoms with E-state index in [0.29, 0.717) is 12.3 Å². The van der Waals surface area contributed by atoms with Crippen LogP contribution in [-0.4, -0.2) is 17.0 Å². The van der Waals surface area contributed by atoms with Gasteiger partial charge in [0.2, 0.25) is 0 Å². The van der Waals surface area contributed by atoms with E-state index >= 15 is 0 Å². The molecule has 1 aromatic carbocycles. The van der Waals surface area contributed by atoms with E-state index in [1.807, 2.05) is 0 Å². The van der Waals surface area contributed by atoms with E-state index in [9.17, 15) is 9.90 Å². The van der Waals surface area contributed by atoms with Gasteiger partial charge in [0.25, 0.3) is 0 Å². The number of Topliss-reactive ketones (excluding diaryl/α,β-unsaturated/α-hetero) is 1. The Morgan fingerprint density at radius 3 is 2.75 bits per heavy atom. The van der Waals surface area contributed by atoms with Crippen molar-refractivity contribution in [3.05, 3.63) is 40.5 Å². The monoisotopic (exact) mass is 326 g/mol. The third-order valence-corrected chi connectivity index (χ3v) is 6.58. The maximum Gasteiger partial charge on any atom is 0.161 e. The fourth-order valence-corrected chi connectivity index (χ4v) is 4.91. The molecule has 3 rings (SSSR count). The number of carbonyl (C=O) groups is 1. The smallest absolute Gasteiger partial charge is 0.161 e. The zero-order valence-electron chi connectivity index (χ0n) is 15.4. The summed E-state index contributed by atoms with van der Waals surface area (Å²) in [7, 11) is 0. The Labute approximate surface area is 146 Å². The number of aliphatic hydroxyl groups excluding tert-OH is 1. The molecule has 0 saturated heterocycles.